The predicted octanol–water partition coefficient (Wildman–Crippen LogP) is 3.30. The molecule has 1 amide bonds. The molecule has 0 aromatic heterocycles. The summed E-state index contributed by atoms with van der Waals surface area (Å²) in [4.78, 5) is 13.5. The van der Waals surface area contributed by atoms with Crippen LogP contribution in [0, 0.1) is 0 Å². The van der Waals surface area contributed by atoms with Crippen LogP contribution in [0.3, 0.4) is 0 Å². The maximum atomic E-state index is 13.5. The molecule has 11 heteroatoms. The van der Waals surface area contributed by atoms with E-state index in [1.54, 1.807) is 9.21 Å². The number of hydrogen-bond donors (Lipinski definition) is 1. The first-order chi connectivity index (χ1) is 15.6. The minimum Gasteiger partial charge on any atom is -0.343 e. The zero-order chi connectivity index (χ0) is 23.8. The van der Waals surface area contributed by atoms with Crippen LogP contribution in [-0.4, -0.2) is 57.1 Å². The SMILES string of the molecule is CC(=O)N1CCC(N(C2CC2)S(=O)(=O)c2ccc(NS(=O)(=O)c3ccc(Cl)cc3)cc2)CC1. The summed E-state index contributed by atoms with van der Waals surface area (Å²) in [5.41, 5.74) is 0.261. The molecule has 1 heterocycles. The second-order valence-corrected chi connectivity index (χ2v) is 12.3. The minimum atomic E-state index is -3.83. The number of piperidine rings is 1. The van der Waals surface area contributed by atoms with Crippen LogP contribution in [0.2, 0.25) is 5.02 Å². The molecule has 1 saturated carbocycles. The normalized spacial score (nSPS) is 17.8. The van der Waals surface area contributed by atoms with Crippen molar-refractivity contribution in [2.75, 3.05) is 17.8 Å². The number of nitrogens with zero attached hydrogens (tertiary/aromatic N) is 2. The lowest BCUT2D eigenvalue weighted by molar-refractivity contribution is -0.130. The van der Waals surface area contributed by atoms with Crippen molar-refractivity contribution >= 4 is 43.2 Å². The van der Waals surface area contributed by atoms with E-state index in [-0.39, 0.29) is 33.5 Å². The van der Waals surface area contributed by atoms with Gasteiger partial charge in [0.15, 0.2) is 0 Å². The van der Waals surface area contributed by atoms with Crippen molar-refractivity contribution in [1.29, 1.82) is 0 Å². The lowest BCUT2D eigenvalue weighted by Crippen LogP contribution is -2.49. The van der Waals surface area contributed by atoms with Gasteiger partial charge in [-0.1, -0.05) is 11.6 Å². The summed E-state index contributed by atoms with van der Waals surface area (Å²) in [7, 11) is -7.58. The first kappa shape index (κ1) is 24.0. The Kier molecular flexibility index (Phi) is 6.73. The Morgan fingerprint density at radius 3 is 1.91 bits per heavy atom. The molecule has 2 fully saturated rings. The van der Waals surface area contributed by atoms with Gasteiger partial charge in [0.25, 0.3) is 10.0 Å². The van der Waals surface area contributed by atoms with Crippen molar-refractivity contribution in [1.82, 2.24) is 9.21 Å². The van der Waals surface area contributed by atoms with E-state index >= 15 is 0 Å². The van der Waals surface area contributed by atoms with Gasteiger partial charge in [-0.05, 0) is 74.2 Å². The van der Waals surface area contributed by atoms with Gasteiger partial charge in [-0.2, -0.15) is 4.31 Å². The van der Waals surface area contributed by atoms with E-state index in [0.717, 1.165) is 12.8 Å². The summed E-state index contributed by atoms with van der Waals surface area (Å²) in [5, 5.41) is 0.427. The molecule has 178 valence electrons. The third kappa shape index (κ3) is 5.34. The third-order valence-corrected chi connectivity index (χ3v) is 9.65. The van der Waals surface area contributed by atoms with E-state index in [9.17, 15) is 21.6 Å². The molecule has 4 rings (SSSR count). The number of anilines is 1. The van der Waals surface area contributed by atoms with E-state index in [4.69, 9.17) is 11.6 Å². The monoisotopic (exact) mass is 511 g/mol. The highest BCUT2D eigenvalue weighted by Gasteiger charge is 2.43. The highest BCUT2D eigenvalue weighted by Crippen LogP contribution is 2.37. The number of carbonyl (C=O) groups excluding carboxylic acids is 1. The Hall–Kier alpha value is -2.14. The summed E-state index contributed by atoms with van der Waals surface area (Å²) < 4.78 is 56.2. The molecule has 0 atom stereocenters. The largest absolute Gasteiger partial charge is 0.343 e. The fraction of sp³-hybridized carbons (Fsp3) is 0.409. The Morgan fingerprint density at radius 2 is 1.39 bits per heavy atom. The first-order valence-electron chi connectivity index (χ1n) is 10.8. The van der Waals surface area contributed by atoms with Crippen LogP contribution in [0.15, 0.2) is 58.3 Å². The standard InChI is InChI=1S/C22H26ClN3O5S2/c1-16(27)25-14-12-20(13-15-25)26(19-6-7-19)33(30,31)22-10-4-18(5-11-22)24-32(28,29)21-8-2-17(23)3-9-21/h2-5,8-11,19-20,24H,6-7,12-15H2,1H3. The minimum absolute atomic E-state index is 0.00548. The molecular formula is C22H26ClN3O5S2. The summed E-state index contributed by atoms with van der Waals surface area (Å²) >= 11 is 5.82. The Labute approximate surface area is 199 Å². The number of likely N-dealkylation sites (tertiary alicyclic amines) is 1. The fourth-order valence-corrected chi connectivity index (χ4v) is 7.21. The average molecular weight is 512 g/mol. The molecule has 2 aliphatic rings. The lowest BCUT2D eigenvalue weighted by atomic mass is 10.0. The summed E-state index contributed by atoms with van der Waals surface area (Å²) in [6.07, 6.45) is 2.86. The summed E-state index contributed by atoms with van der Waals surface area (Å²) in [6, 6.07) is 11.3. The zero-order valence-electron chi connectivity index (χ0n) is 18.1. The molecule has 33 heavy (non-hydrogen) atoms. The average Bonchev–Trinajstić information content (AvgIpc) is 3.59. The zero-order valence-corrected chi connectivity index (χ0v) is 20.5. The van der Waals surface area contributed by atoms with Gasteiger partial charge in [0.05, 0.1) is 9.79 Å². The Morgan fingerprint density at radius 1 is 0.879 bits per heavy atom. The van der Waals surface area contributed by atoms with E-state index in [1.165, 1.54) is 55.5 Å². The van der Waals surface area contributed by atoms with Gasteiger partial charge in [0.1, 0.15) is 0 Å². The van der Waals surface area contributed by atoms with Crippen molar-refractivity contribution in [2.45, 2.75) is 54.5 Å². The van der Waals surface area contributed by atoms with Crippen LogP contribution in [0.25, 0.3) is 0 Å². The summed E-state index contributed by atoms with van der Waals surface area (Å²) in [6.45, 7) is 2.62. The van der Waals surface area contributed by atoms with Crippen LogP contribution in [-0.2, 0) is 24.8 Å². The number of carbonyl (C=O) groups is 1. The molecule has 0 radical (unpaired) electrons. The lowest BCUT2D eigenvalue weighted by Gasteiger charge is -2.37. The van der Waals surface area contributed by atoms with Crippen molar-refractivity contribution in [3.8, 4) is 0 Å². The topological polar surface area (TPSA) is 104 Å². The molecule has 0 spiro atoms. The molecule has 1 saturated heterocycles. The second kappa shape index (κ2) is 9.25. The molecule has 0 bridgehead atoms. The number of rotatable bonds is 7. The number of amides is 1. The van der Waals surface area contributed by atoms with Gasteiger partial charge in [-0.3, -0.25) is 9.52 Å². The van der Waals surface area contributed by atoms with Gasteiger partial charge in [0, 0.05) is 42.8 Å². The van der Waals surface area contributed by atoms with Crippen LogP contribution in [0.1, 0.15) is 32.6 Å². The molecule has 0 unspecified atom stereocenters. The van der Waals surface area contributed by atoms with E-state index in [0.29, 0.717) is 31.0 Å². The van der Waals surface area contributed by atoms with Gasteiger partial charge in [0.2, 0.25) is 15.9 Å². The third-order valence-electron chi connectivity index (χ3n) is 5.98. The van der Waals surface area contributed by atoms with Crippen molar-refractivity contribution in [3.63, 3.8) is 0 Å². The van der Waals surface area contributed by atoms with Crippen molar-refractivity contribution < 1.29 is 21.6 Å². The maximum Gasteiger partial charge on any atom is 0.261 e. The molecule has 1 N–H and O–H groups in total. The van der Waals surface area contributed by atoms with Crippen LogP contribution < -0.4 is 4.72 Å². The fourth-order valence-electron chi connectivity index (χ4n) is 4.10. The molecule has 1 aliphatic heterocycles. The molecular weight excluding hydrogens is 486 g/mol. The first-order valence-corrected chi connectivity index (χ1v) is 14.1. The van der Waals surface area contributed by atoms with Crippen LogP contribution in [0.5, 0.6) is 0 Å². The smallest absolute Gasteiger partial charge is 0.261 e. The Bertz CT molecular complexity index is 1220. The van der Waals surface area contributed by atoms with Gasteiger partial charge in [-0.15, -0.1) is 0 Å². The number of benzene rings is 2. The second-order valence-electron chi connectivity index (χ2n) is 8.39. The number of hydrogen-bond acceptors (Lipinski definition) is 5. The van der Waals surface area contributed by atoms with Crippen LogP contribution in [0.4, 0.5) is 5.69 Å². The molecule has 2 aromatic carbocycles. The quantitative estimate of drug-likeness (QED) is 0.614. The number of nitrogens with one attached hydrogen (secondary N) is 1. The maximum absolute atomic E-state index is 13.5. The summed E-state index contributed by atoms with van der Waals surface area (Å²) in [5.74, 6) is 0.00548. The molecule has 8 nitrogen and oxygen atoms in total. The predicted molar refractivity (Wildman–Crippen MR) is 126 cm³/mol. The van der Waals surface area contributed by atoms with Crippen molar-refractivity contribution in [3.05, 3.63) is 53.6 Å². The van der Waals surface area contributed by atoms with Gasteiger partial charge < -0.3 is 4.90 Å². The van der Waals surface area contributed by atoms with Crippen LogP contribution >= 0.6 is 11.6 Å². The van der Waals surface area contributed by atoms with Gasteiger partial charge in [-0.25, -0.2) is 16.8 Å². The number of sulfonamides is 2. The molecule has 2 aromatic rings. The highest BCUT2D eigenvalue weighted by molar-refractivity contribution is 7.92. The van der Waals surface area contributed by atoms with Gasteiger partial charge >= 0.3 is 0 Å². The molecule has 1 aliphatic carbocycles. The van der Waals surface area contributed by atoms with E-state index < -0.39 is 20.0 Å². The highest BCUT2D eigenvalue weighted by atomic mass is 35.5. The van der Waals surface area contributed by atoms with E-state index in [2.05, 4.69) is 4.72 Å². The number of halogens is 1. The Balaban J connectivity index is 1.51. The van der Waals surface area contributed by atoms with E-state index in [1.807, 2.05) is 0 Å². The van der Waals surface area contributed by atoms with Crippen molar-refractivity contribution in [2.24, 2.45) is 0 Å².